The molecule has 2 saturated carbocycles. The third kappa shape index (κ3) is 3.06. The molecule has 3 fully saturated rings. The highest BCUT2D eigenvalue weighted by molar-refractivity contribution is 5.66. The summed E-state index contributed by atoms with van der Waals surface area (Å²) in [5.41, 5.74) is 0.796. The molecule has 2 aliphatic carbocycles. The van der Waals surface area contributed by atoms with E-state index in [0.29, 0.717) is 11.8 Å². The number of rotatable bonds is 3. The highest BCUT2D eigenvalue weighted by atomic mass is 16.6. The second kappa shape index (κ2) is 6.38. The van der Waals surface area contributed by atoms with E-state index in [1.807, 2.05) is 6.08 Å². The molecule has 0 amide bonds. The van der Waals surface area contributed by atoms with Gasteiger partial charge in [-0.05, 0) is 76.2 Å². The Hall–Kier alpha value is -0.870. The normalized spacial score (nSPS) is 47.1. The smallest absolute Gasteiger partial charge is 0.303 e. The number of esters is 1. The molecule has 4 heteroatoms. The first-order valence-corrected chi connectivity index (χ1v) is 9.79. The second-order valence-corrected chi connectivity index (χ2v) is 9.20. The van der Waals surface area contributed by atoms with Crippen molar-refractivity contribution < 1.29 is 19.4 Å². The van der Waals surface area contributed by atoms with Crippen LogP contribution in [0.3, 0.4) is 0 Å². The molecule has 0 radical (unpaired) electrons. The Morgan fingerprint density at radius 3 is 2.56 bits per heavy atom. The Bertz CT molecular complexity index is 570. The number of aliphatic hydroxyl groups excluding tert-OH is 1. The number of carbonyl (C=O) groups is 1. The number of aliphatic hydroxyl groups is 1. The summed E-state index contributed by atoms with van der Waals surface area (Å²) in [4.78, 5) is 11.7. The highest BCUT2D eigenvalue weighted by Gasteiger charge is 2.63. The first-order valence-electron chi connectivity index (χ1n) is 9.79. The maximum atomic E-state index is 11.7. The van der Waals surface area contributed by atoms with Crippen molar-refractivity contribution in [3.8, 4) is 0 Å². The summed E-state index contributed by atoms with van der Waals surface area (Å²) in [6.07, 6.45) is 8.26. The van der Waals surface area contributed by atoms with E-state index >= 15 is 0 Å². The van der Waals surface area contributed by atoms with Gasteiger partial charge in [0, 0.05) is 12.8 Å². The summed E-state index contributed by atoms with van der Waals surface area (Å²) in [6, 6.07) is 0. The molecule has 6 atom stereocenters. The van der Waals surface area contributed by atoms with Gasteiger partial charge in [-0.1, -0.05) is 13.0 Å². The summed E-state index contributed by atoms with van der Waals surface area (Å²) in [5, 5.41) is 9.23. The maximum absolute atomic E-state index is 11.7. The molecule has 142 valence electrons. The van der Waals surface area contributed by atoms with Crippen LogP contribution in [0, 0.1) is 17.3 Å². The number of fused-ring (bicyclic) bond motifs is 3. The average Bonchev–Trinajstić information content (AvgIpc) is 2.85. The number of hydrogen-bond donors (Lipinski definition) is 1. The molecule has 3 aliphatic rings. The fourth-order valence-corrected chi connectivity index (χ4v) is 6.47. The Balaban J connectivity index is 1.91. The predicted octanol–water partition coefficient (Wildman–Crippen LogP) is 4.01. The van der Waals surface area contributed by atoms with Gasteiger partial charge >= 0.3 is 5.97 Å². The molecule has 1 saturated heterocycles. The molecule has 0 spiro atoms. The molecule has 3 rings (SSSR count). The van der Waals surface area contributed by atoms with Crippen molar-refractivity contribution in [3.05, 3.63) is 11.6 Å². The quantitative estimate of drug-likeness (QED) is 0.617. The van der Waals surface area contributed by atoms with E-state index in [9.17, 15) is 9.90 Å². The number of hydrogen-bond acceptors (Lipinski definition) is 4. The van der Waals surface area contributed by atoms with E-state index in [1.54, 1.807) is 0 Å². The summed E-state index contributed by atoms with van der Waals surface area (Å²) < 4.78 is 12.4. The zero-order valence-electron chi connectivity index (χ0n) is 16.4. The lowest BCUT2D eigenvalue weighted by Gasteiger charge is -2.60. The lowest BCUT2D eigenvalue weighted by Crippen LogP contribution is -2.59. The Morgan fingerprint density at radius 1 is 1.20 bits per heavy atom. The second-order valence-electron chi connectivity index (χ2n) is 9.20. The van der Waals surface area contributed by atoms with Crippen LogP contribution in [-0.4, -0.2) is 35.0 Å². The minimum absolute atomic E-state index is 0.0670. The van der Waals surface area contributed by atoms with Crippen molar-refractivity contribution in [2.45, 2.75) is 90.4 Å². The number of carbonyl (C=O) groups excluding carboxylic acids is 1. The van der Waals surface area contributed by atoms with Crippen LogP contribution in [0.4, 0.5) is 0 Å². The molecule has 1 heterocycles. The zero-order chi connectivity index (χ0) is 18.5. The molecular formula is C21H34O4. The third-order valence-corrected chi connectivity index (χ3v) is 7.54. The van der Waals surface area contributed by atoms with E-state index in [4.69, 9.17) is 9.47 Å². The molecule has 1 aliphatic heterocycles. The van der Waals surface area contributed by atoms with Crippen LogP contribution < -0.4 is 0 Å². The molecule has 0 aromatic rings. The van der Waals surface area contributed by atoms with Gasteiger partial charge in [-0.15, -0.1) is 0 Å². The zero-order valence-corrected chi connectivity index (χ0v) is 16.4. The lowest BCUT2D eigenvalue weighted by atomic mass is 9.48. The van der Waals surface area contributed by atoms with Gasteiger partial charge in [0.15, 0.2) is 0 Å². The third-order valence-electron chi connectivity index (χ3n) is 7.54. The number of ether oxygens (including phenoxy) is 2. The summed E-state index contributed by atoms with van der Waals surface area (Å²) in [7, 11) is 0. The maximum Gasteiger partial charge on any atom is 0.303 e. The van der Waals surface area contributed by atoms with E-state index < -0.39 is 0 Å². The fraction of sp³-hybridized carbons (Fsp3) is 0.857. The van der Waals surface area contributed by atoms with Crippen molar-refractivity contribution in [1.82, 2.24) is 0 Å². The molecule has 25 heavy (non-hydrogen) atoms. The van der Waals surface area contributed by atoms with Crippen molar-refractivity contribution in [2.24, 2.45) is 17.3 Å². The lowest BCUT2D eigenvalue weighted by molar-refractivity contribution is -0.203. The first kappa shape index (κ1) is 18.9. The Labute approximate surface area is 152 Å². The predicted molar refractivity (Wildman–Crippen MR) is 97.1 cm³/mol. The summed E-state index contributed by atoms with van der Waals surface area (Å²) in [6.45, 7) is 10.5. The average molecular weight is 350 g/mol. The molecule has 2 unspecified atom stereocenters. The molecule has 4 nitrogen and oxygen atoms in total. The molecule has 0 bridgehead atoms. The van der Waals surface area contributed by atoms with Crippen molar-refractivity contribution in [2.75, 3.05) is 6.61 Å². The molecule has 0 aromatic carbocycles. The van der Waals surface area contributed by atoms with Crippen LogP contribution in [0.2, 0.25) is 0 Å². The van der Waals surface area contributed by atoms with Crippen LogP contribution in [-0.2, 0) is 14.3 Å². The monoisotopic (exact) mass is 350 g/mol. The fourth-order valence-electron chi connectivity index (χ4n) is 6.47. The van der Waals surface area contributed by atoms with Gasteiger partial charge in [0.1, 0.15) is 5.60 Å². The van der Waals surface area contributed by atoms with Gasteiger partial charge in [0.2, 0.25) is 0 Å². The van der Waals surface area contributed by atoms with Gasteiger partial charge in [0.05, 0.1) is 18.3 Å². The largest absolute Gasteiger partial charge is 0.459 e. The Kier molecular flexibility index (Phi) is 4.83. The van der Waals surface area contributed by atoms with E-state index in [-0.39, 0.29) is 35.3 Å². The first-order chi connectivity index (χ1) is 11.6. The van der Waals surface area contributed by atoms with E-state index in [2.05, 4.69) is 27.7 Å². The standard InChI is InChI=1S/C21H34O4/c1-14(8-12-22)16-13-18-19(3)9-6-10-20(4,24-15(2)23)17(19)7-11-21(18,5)25-16/h8,16-18,22H,6-7,9-13H2,1-5H3/b14-8-/t16-,17-,18?,19+,20?,21-/m1/s1. The minimum atomic E-state index is -0.353. The van der Waals surface area contributed by atoms with E-state index in [0.717, 1.165) is 37.7 Å². The highest BCUT2D eigenvalue weighted by Crippen LogP contribution is 2.64. The van der Waals surface area contributed by atoms with Crippen LogP contribution >= 0.6 is 0 Å². The van der Waals surface area contributed by atoms with E-state index in [1.165, 1.54) is 13.3 Å². The van der Waals surface area contributed by atoms with Gasteiger partial charge in [-0.2, -0.15) is 0 Å². The molecule has 0 aromatic heterocycles. The van der Waals surface area contributed by atoms with Gasteiger partial charge in [0.25, 0.3) is 0 Å². The molecule has 1 N–H and O–H groups in total. The van der Waals surface area contributed by atoms with Gasteiger partial charge < -0.3 is 14.6 Å². The SMILES string of the molecule is CC(=O)OC1(C)CCC[C@]2(C)C3C[C@H](/C(C)=C\CO)O[C@]3(C)CC[C@@H]12. The van der Waals surface area contributed by atoms with Crippen molar-refractivity contribution in [1.29, 1.82) is 0 Å². The minimum Gasteiger partial charge on any atom is -0.459 e. The van der Waals surface area contributed by atoms with Crippen molar-refractivity contribution in [3.63, 3.8) is 0 Å². The van der Waals surface area contributed by atoms with Gasteiger partial charge in [-0.25, -0.2) is 0 Å². The van der Waals surface area contributed by atoms with Crippen LogP contribution in [0.1, 0.15) is 73.1 Å². The molecular weight excluding hydrogens is 316 g/mol. The van der Waals surface area contributed by atoms with Crippen LogP contribution in [0.15, 0.2) is 11.6 Å². The van der Waals surface area contributed by atoms with Gasteiger partial charge in [-0.3, -0.25) is 4.79 Å². The van der Waals surface area contributed by atoms with Crippen molar-refractivity contribution >= 4 is 5.97 Å². The summed E-state index contributed by atoms with van der Waals surface area (Å²) in [5.74, 6) is 0.684. The van der Waals surface area contributed by atoms with Crippen LogP contribution in [0.25, 0.3) is 0 Å². The Morgan fingerprint density at radius 2 is 1.92 bits per heavy atom. The van der Waals surface area contributed by atoms with Crippen LogP contribution in [0.5, 0.6) is 0 Å². The summed E-state index contributed by atoms with van der Waals surface area (Å²) >= 11 is 0. The topological polar surface area (TPSA) is 55.8 Å².